The third-order valence-electron chi connectivity index (χ3n) is 1.01. The molecule has 0 atom stereocenters. The van der Waals surface area contributed by atoms with Crippen LogP contribution in [-0.2, 0) is 4.79 Å². The van der Waals surface area contributed by atoms with Crippen LogP contribution in [0.3, 0.4) is 0 Å². The Kier molecular flexibility index (Phi) is 5.43. The van der Waals surface area contributed by atoms with Crippen LogP contribution in [0.25, 0.3) is 0 Å². The van der Waals surface area contributed by atoms with E-state index in [1.807, 2.05) is 0 Å². The molecule has 0 aromatic carbocycles. The second-order valence-corrected chi connectivity index (χ2v) is 2.26. The van der Waals surface area contributed by atoms with Crippen molar-refractivity contribution in [2.75, 3.05) is 0 Å². The number of carbonyl (C=O) groups is 1. The lowest BCUT2D eigenvalue weighted by Crippen LogP contribution is -2.11. The number of halogens is 2. The smallest absolute Gasteiger partial charge is 0.220 e. The van der Waals surface area contributed by atoms with Gasteiger partial charge in [0.15, 0.2) is 0 Å². The summed E-state index contributed by atoms with van der Waals surface area (Å²) in [6, 6.07) is 0. The molecule has 13 heavy (non-hydrogen) atoms. The first-order chi connectivity index (χ1) is 6.06. The van der Waals surface area contributed by atoms with Gasteiger partial charge in [-0.2, -0.15) is 0 Å². The number of rotatable bonds is 3. The minimum Gasteiger partial charge on any atom is -0.330 e. The Morgan fingerprint density at radius 3 is 2.38 bits per heavy atom. The number of nitrogens with one attached hydrogen (secondary N) is 1. The predicted octanol–water partition coefficient (Wildman–Crippen LogP) is 2.36. The highest BCUT2D eigenvalue weighted by molar-refractivity contribution is 5.74. The standard InChI is InChI=1S/C9H11F2NO/c1-3-4-8(10)5-9(11)6-12-7(2)13/h3-6H,1-2H3,(H,12,13)/b4-3-,8-5+,9-6-. The van der Waals surface area contributed by atoms with Crippen molar-refractivity contribution in [1.82, 2.24) is 5.32 Å². The molecule has 0 aliphatic carbocycles. The van der Waals surface area contributed by atoms with E-state index in [0.717, 1.165) is 12.3 Å². The summed E-state index contributed by atoms with van der Waals surface area (Å²) in [7, 11) is 0. The van der Waals surface area contributed by atoms with E-state index in [-0.39, 0.29) is 0 Å². The van der Waals surface area contributed by atoms with Gasteiger partial charge < -0.3 is 5.32 Å². The molecule has 0 heterocycles. The highest BCUT2D eigenvalue weighted by Crippen LogP contribution is 2.05. The molecule has 1 N–H and O–H groups in total. The summed E-state index contributed by atoms with van der Waals surface area (Å²) in [5.41, 5.74) is 0. The highest BCUT2D eigenvalue weighted by Gasteiger charge is 1.93. The van der Waals surface area contributed by atoms with Gasteiger partial charge in [-0.25, -0.2) is 8.78 Å². The molecule has 0 aromatic rings. The minimum absolute atomic E-state index is 0.407. The van der Waals surface area contributed by atoms with Gasteiger partial charge in [0.2, 0.25) is 5.91 Å². The summed E-state index contributed by atoms with van der Waals surface area (Å²) in [4.78, 5) is 10.3. The molecular formula is C9H11F2NO. The van der Waals surface area contributed by atoms with Crippen LogP contribution in [0.1, 0.15) is 13.8 Å². The Bertz CT molecular complexity index is 267. The Balaban J connectivity index is 4.26. The lowest BCUT2D eigenvalue weighted by atomic mass is 10.4. The highest BCUT2D eigenvalue weighted by atomic mass is 19.1. The normalized spacial score (nSPS) is 13.5. The largest absolute Gasteiger partial charge is 0.330 e. The van der Waals surface area contributed by atoms with Gasteiger partial charge in [-0.3, -0.25) is 4.79 Å². The SMILES string of the molecule is C\C=C/C(F)=C\C(F)=C\NC(C)=O. The zero-order chi connectivity index (χ0) is 10.3. The van der Waals surface area contributed by atoms with Crippen molar-refractivity contribution in [3.8, 4) is 0 Å². The minimum atomic E-state index is -0.842. The van der Waals surface area contributed by atoms with Gasteiger partial charge >= 0.3 is 0 Å². The molecule has 2 nitrogen and oxygen atoms in total. The van der Waals surface area contributed by atoms with Crippen LogP contribution < -0.4 is 5.32 Å². The Labute approximate surface area is 75.6 Å². The fourth-order valence-electron chi connectivity index (χ4n) is 0.551. The molecule has 0 radical (unpaired) electrons. The van der Waals surface area contributed by atoms with Crippen molar-refractivity contribution in [2.45, 2.75) is 13.8 Å². The monoisotopic (exact) mass is 187 g/mol. The van der Waals surface area contributed by atoms with Crippen LogP contribution in [0, 0.1) is 0 Å². The maximum atomic E-state index is 12.6. The van der Waals surface area contributed by atoms with E-state index < -0.39 is 17.6 Å². The molecule has 0 unspecified atom stereocenters. The second kappa shape index (κ2) is 6.11. The molecule has 0 rings (SSSR count). The van der Waals surface area contributed by atoms with Crippen molar-refractivity contribution in [2.24, 2.45) is 0 Å². The van der Waals surface area contributed by atoms with E-state index in [4.69, 9.17) is 0 Å². The number of hydrogen-bond donors (Lipinski definition) is 1. The molecule has 4 heteroatoms. The maximum absolute atomic E-state index is 12.6. The molecule has 0 spiro atoms. The lowest BCUT2D eigenvalue weighted by Gasteiger charge is -1.91. The van der Waals surface area contributed by atoms with Crippen LogP contribution in [-0.4, -0.2) is 5.91 Å². The summed E-state index contributed by atoms with van der Waals surface area (Å²) in [6.45, 7) is 2.85. The van der Waals surface area contributed by atoms with E-state index in [0.29, 0.717) is 6.08 Å². The maximum Gasteiger partial charge on any atom is 0.220 e. The van der Waals surface area contributed by atoms with E-state index >= 15 is 0 Å². The van der Waals surface area contributed by atoms with Gasteiger partial charge in [0.05, 0.1) is 0 Å². The van der Waals surface area contributed by atoms with E-state index in [1.54, 1.807) is 6.92 Å². The third kappa shape index (κ3) is 6.93. The Morgan fingerprint density at radius 1 is 1.31 bits per heavy atom. The van der Waals surface area contributed by atoms with Gasteiger partial charge in [0.25, 0.3) is 0 Å². The molecule has 0 aromatic heterocycles. The van der Waals surface area contributed by atoms with Gasteiger partial charge in [-0.15, -0.1) is 0 Å². The van der Waals surface area contributed by atoms with Gasteiger partial charge in [-0.1, -0.05) is 6.08 Å². The summed E-state index contributed by atoms with van der Waals surface area (Å²) >= 11 is 0. The topological polar surface area (TPSA) is 29.1 Å². The molecule has 0 bridgehead atoms. The molecule has 72 valence electrons. The van der Waals surface area contributed by atoms with Gasteiger partial charge in [0.1, 0.15) is 11.7 Å². The van der Waals surface area contributed by atoms with Gasteiger partial charge in [0, 0.05) is 19.2 Å². The van der Waals surface area contributed by atoms with E-state index in [2.05, 4.69) is 5.32 Å². The summed E-state index contributed by atoms with van der Waals surface area (Å²) in [5.74, 6) is -1.96. The molecule has 0 fully saturated rings. The Morgan fingerprint density at radius 2 is 1.92 bits per heavy atom. The third-order valence-corrected chi connectivity index (χ3v) is 1.01. The van der Waals surface area contributed by atoms with E-state index in [9.17, 15) is 13.6 Å². The summed E-state index contributed by atoms with van der Waals surface area (Å²) in [5, 5.41) is 2.08. The average molecular weight is 187 g/mol. The van der Waals surface area contributed by atoms with E-state index in [1.165, 1.54) is 13.0 Å². The Hall–Kier alpha value is -1.45. The number of amides is 1. The predicted molar refractivity (Wildman–Crippen MR) is 47.0 cm³/mol. The molecule has 0 aliphatic rings. The van der Waals surface area contributed by atoms with Gasteiger partial charge in [-0.05, 0) is 13.0 Å². The summed E-state index contributed by atoms with van der Waals surface area (Å²) in [6.07, 6.45) is 4.03. The molecule has 0 saturated heterocycles. The average Bonchev–Trinajstić information content (AvgIpc) is 2.01. The van der Waals surface area contributed by atoms with Crippen LogP contribution in [0.4, 0.5) is 8.78 Å². The van der Waals surface area contributed by atoms with Crippen molar-refractivity contribution >= 4 is 5.91 Å². The van der Waals surface area contributed by atoms with Crippen molar-refractivity contribution < 1.29 is 13.6 Å². The summed E-state index contributed by atoms with van der Waals surface area (Å²) < 4.78 is 25.2. The van der Waals surface area contributed by atoms with Crippen LogP contribution in [0.5, 0.6) is 0 Å². The second-order valence-electron chi connectivity index (χ2n) is 2.26. The molecule has 0 aliphatic heterocycles. The lowest BCUT2D eigenvalue weighted by molar-refractivity contribution is -0.118. The molecule has 1 amide bonds. The number of allylic oxidation sites excluding steroid dienone is 5. The van der Waals surface area contributed by atoms with Crippen LogP contribution in [0.15, 0.2) is 36.1 Å². The number of hydrogen-bond acceptors (Lipinski definition) is 1. The van der Waals surface area contributed by atoms with Crippen molar-refractivity contribution in [3.05, 3.63) is 36.1 Å². The van der Waals surface area contributed by atoms with Crippen molar-refractivity contribution in [1.29, 1.82) is 0 Å². The zero-order valence-electron chi connectivity index (χ0n) is 7.47. The molecular weight excluding hydrogens is 176 g/mol. The first kappa shape index (κ1) is 11.6. The van der Waals surface area contributed by atoms with Crippen molar-refractivity contribution in [3.63, 3.8) is 0 Å². The number of carbonyl (C=O) groups excluding carboxylic acids is 1. The molecule has 0 saturated carbocycles. The first-order valence-electron chi connectivity index (χ1n) is 3.69. The quantitative estimate of drug-likeness (QED) is 0.675. The zero-order valence-corrected chi connectivity index (χ0v) is 7.47. The first-order valence-corrected chi connectivity index (χ1v) is 3.69. The van der Waals surface area contributed by atoms with Crippen LogP contribution in [0.2, 0.25) is 0 Å². The van der Waals surface area contributed by atoms with Crippen LogP contribution >= 0.6 is 0 Å². The fraction of sp³-hybridized carbons (Fsp3) is 0.222. The fourth-order valence-corrected chi connectivity index (χ4v) is 0.551.